The van der Waals surface area contributed by atoms with E-state index in [-0.39, 0.29) is 24.0 Å². The smallest absolute Gasteiger partial charge is 0.191 e. The molecular weight excluding hydrogens is 463 g/mol. The second kappa shape index (κ2) is 12.1. The lowest BCUT2D eigenvalue weighted by atomic mass is 10.1. The fourth-order valence-electron chi connectivity index (χ4n) is 3.66. The highest BCUT2D eigenvalue weighted by Gasteiger charge is 2.19. The molecule has 0 bridgehead atoms. The average Bonchev–Trinajstić information content (AvgIpc) is 2.72. The van der Waals surface area contributed by atoms with Gasteiger partial charge in [0.05, 0.1) is 6.54 Å². The molecule has 28 heavy (non-hydrogen) atoms. The third-order valence-electron chi connectivity index (χ3n) is 5.09. The van der Waals surface area contributed by atoms with Gasteiger partial charge in [0.25, 0.3) is 0 Å². The van der Waals surface area contributed by atoms with Gasteiger partial charge in [-0.1, -0.05) is 43.3 Å². The lowest BCUT2D eigenvalue weighted by Crippen LogP contribution is -2.49. The van der Waals surface area contributed by atoms with E-state index in [9.17, 15) is 0 Å². The Bertz CT molecular complexity index is 739. The molecule has 0 aliphatic carbocycles. The van der Waals surface area contributed by atoms with Gasteiger partial charge in [0.15, 0.2) is 5.96 Å². The van der Waals surface area contributed by atoms with Gasteiger partial charge in [-0.25, -0.2) is 0 Å². The van der Waals surface area contributed by atoms with Crippen molar-refractivity contribution in [1.82, 2.24) is 15.5 Å². The second-order valence-electron chi connectivity index (χ2n) is 7.08. The van der Waals surface area contributed by atoms with Crippen LogP contribution in [0.3, 0.4) is 0 Å². The van der Waals surface area contributed by atoms with Crippen LogP contribution in [0.1, 0.15) is 26.2 Å². The Morgan fingerprint density at radius 2 is 1.89 bits per heavy atom. The molecule has 5 nitrogen and oxygen atoms in total. The molecule has 2 aromatic carbocycles. The number of nitrogens with zero attached hydrogens (tertiary/aromatic N) is 2. The number of rotatable bonds is 7. The highest BCUT2D eigenvalue weighted by molar-refractivity contribution is 14.0. The van der Waals surface area contributed by atoms with E-state index in [1.165, 1.54) is 44.3 Å². The van der Waals surface area contributed by atoms with Gasteiger partial charge in [0.1, 0.15) is 12.4 Å². The van der Waals surface area contributed by atoms with E-state index in [0.29, 0.717) is 12.6 Å². The van der Waals surface area contributed by atoms with Crippen molar-refractivity contribution in [2.75, 3.05) is 39.8 Å². The fraction of sp³-hybridized carbons (Fsp3) is 0.500. The van der Waals surface area contributed by atoms with Crippen molar-refractivity contribution in [3.05, 3.63) is 42.5 Å². The zero-order chi connectivity index (χ0) is 18.9. The van der Waals surface area contributed by atoms with Crippen molar-refractivity contribution in [3.63, 3.8) is 0 Å². The molecule has 1 aliphatic heterocycles. The molecule has 0 atom stereocenters. The number of ether oxygens (including phenoxy) is 1. The summed E-state index contributed by atoms with van der Waals surface area (Å²) in [6.07, 6.45) is 3.58. The van der Waals surface area contributed by atoms with Crippen molar-refractivity contribution < 1.29 is 4.74 Å². The molecule has 3 rings (SSSR count). The number of guanidine groups is 1. The predicted molar refractivity (Wildman–Crippen MR) is 129 cm³/mol. The van der Waals surface area contributed by atoms with Gasteiger partial charge in [-0.15, -0.1) is 24.0 Å². The molecule has 0 spiro atoms. The molecule has 6 heteroatoms. The second-order valence-corrected chi connectivity index (χ2v) is 7.08. The first-order valence-corrected chi connectivity index (χ1v) is 10.1. The maximum atomic E-state index is 5.99. The number of nitrogens with one attached hydrogen (secondary N) is 2. The van der Waals surface area contributed by atoms with Crippen LogP contribution < -0.4 is 15.4 Å². The highest BCUT2D eigenvalue weighted by atomic mass is 127. The minimum absolute atomic E-state index is 0. The van der Waals surface area contributed by atoms with Crippen molar-refractivity contribution >= 4 is 40.7 Å². The number of halogens is 1. The normalized spacial score (nSPS) is 15.9. The molecule has 0 unspecified atom stereocenters. The third kappa shape index (κ3) is 6.51. The summed E-state index contributed by atoms with van der Waals surface area (Å²) in [7, 11) is 1.83. The largest absolute Gasteiger partial charge is 0.491 e. The van der Waals surface area contributed by atoms with E-state index in [0.717, 1.165) is 23.6 Å². The summed E-state index contributed by atoms with van der Waals surface area (Å²) in [6.45, 7) is 7.13. The van der Waals surface area contributed by atoms with Crippen LogP contribution in [0.15, 0.2) is 47.5 Å². The lowest BCUT2D eigenvalue weighted by molar-refractivity contribution is 0.206. The van der Waals surface area contributed by atoms with Crippen LogP contribution in [0.2, 0.25) is 0 Å². The summed E-state index contributed by atoms with van der Waals surface area (Å²) in [6, 6.07) is 15.0. The van der Waals surface area contributed by atoms with Gasteiger partial charge in [0, 0.05) is 31.6 Å². The van der Waals surface area contributed by atoms with Crippen LogP contribution >= 0.6 is 24.0 Å². The molecule has 154 valence electrons. The summed E-state index contributed by atoms with van der Waals surface area (Å²) >= 11 is 0. The number of piperidine rings is 1. The van der Waals surface area contributed by atoms with E-state index in [1.54, 1.807) is 0 Å². The predicted octanol–water partition coefficient (Wildman–Crippen LogP) is 3.88. The monoisotopic (exact) mass is 496 g/mol. The van der Waals surface area contributed by atoms with Crippen molar-refractivity contribution in [2.24, 2.45) is 4.99 Å². The summed E-state index contributed by atoms with van der Waals surface area (Å²) in [5, 5.41) is 9.28. The van der Waals surface area contributed by atoms with Crippen LogP contribution in [0.5, 0.6) is 5.75 Å². The molecule has 1 fully saturated rings. The third-order valence-corrected chi connectivity index (χ3v) is 5.09. The Kier molecular flexibility index (Phi) is 9.84. The molecule has 0 aromatic heterocycles. The van der Waals surface area contributed by atoms with Crippen LogP contribution in [0.4, 0.5) is 0 Å². The quantitative estimate of drug-likeness (QED) is 0.265. The van der Waals surface area contributed by atoms with Crippen LogP contribution in [0, 0.1) is 0 Å². The van der Waals surface area contributed by atoms with E-state index >= 15 is 0 Å². The summed E-state index contributed by atoms with van der Waals surface area (Å²) in [5.74, 6) is 1.80. The van der Waals surface area contributed by atoms with Crippen LogP contribution in [-0.4, -0.2) is 56.7 Å². The molecule has 0 saturated carbocycles. The van der Waals surface area contributed by atoms with Gasteiger partial charge in [-0.3, -0.25) is 4.99 Å². The molecule has 2 N–H and O–H groups in total. The molecule has 1 heterocycles. The number of fused-ring (bicyclic) bond motifs is 1. The molecule has 1 saturated heterocycles. The molecule has 0 radical (unpaired) electrons. The molecule has 1 aliphatic rings. The standard InChI is InChI=1S/C22H32N4O.HI/c1-3-14-26-15-11-19(12-16-26)25-22(23-2)24-13-17-27-21-10-6-8-18-7-4-5-9-20(18)21;/h4-10,19H,3,11-17H2,1-2H3,(H2,23,24,25);1H. The van der Waals surface area contributed by atoms with Gasteiger partial charge >= 0.3 is 0 Å². The fourth-order valence-corrected chi connectivity index (χ4v) is 3.66. The van der Waals surface area contributed by atoms with Gasteiger partial charge in [0.2, 0.25) is 0 Å². The molecule has 2 aromatic rings. The molecule has 0 amide bonds. The van der Waals surface area contributed by atoms with Crippen LogP contribution in [-0.2, 0) is 0 Å². The zero-order valence-corrected chi connectivity index (χ0v) is 19.3. The molecular formula is C22H33IN4O. The topological polar surface area (TPSA) is 48.9 Å². The summed E-state index contributed by atoms with van der Waals surface area (Å²) in [4.78, 5) is 6.91. The zero-order valence-electron chi connectivity index (χ0n) is 17.0. The summed E-state index contributed by atoms with van der Waals surface area (Å²) in [5.41, 5.74) is 0. The highest BCUT2D eigenvalue weighted by Crippen LogP contribution is 2.24. The number of benzene rings is 2. The Hall–Kier alpha value is -1.54. The first-order chi connectivity index (χ1) is 13.3. The Labute approximate surface area is 185 Å². The van der Waals surface area contributed by atoms with E-state index in [1.807, 2.05) is 25.2 Å². The van der Waals surface area contributed by atoms with Crippen molar-refractivity contribution in [1.29, 1.82) is 0 Å². The Balaban J connectivity index is 0.00000280. The van der Waals surface area contributed by atoms with Crippen molar-refractivity contribution in [3.8, 4) is 5.75 Å². The average molecular weight is 496 g/mol. The first-order valence-electron chi connectivity index (χ1n) is 10.1. The van der Waals surface area contributed by atoms with Gasteiger partial charge in [-0.2, -0.15) is 0 Å². The first kappa shape index (κ1) is 22.7. The van der Waals surface area contributed by atoms with E-state index < -0.39 is 0 Å². The lowest BCUT2D eigenvalue weighted by Gasteiger charge is -2.32. The van der Waals surface area contributed by atoms with Crippen molar-refractivity contribution in [2.45, 2.75) is 32.2 Å². The minimum atomic E-state index is 0. The van der Waals surface area contributed by atoms with E-state index in [2.05, 4.69) is 51.7 Å². The van der Waals surface area contributed by atoms with Gasteiger partial charge in [-0.05, 0) is 37.3 Å². The summed E-state index contributed by atoms with van der Waals surface area (Å²) < 4.78 is 5.99. The number of hydrogen-bond acceptors (Lipinski definition) is 3. The Morgan fingerprint density at radius 1 is 1.14 bits per heavy atom. The maximum absolute atomic E-state index is 5.99. The van der Waals surface area contributed by atoms with E-state index in [4.69, 9.17) is 4.74 Å². The minimum Gasteiger partial charge on any atom is -0.491 e. The van der Waals surface area contributed by atoms with Gasteiger partial charge < -0.3 is 20.3 Å². The van der Waals surface area contributed by atoms with Crippen LogP contribution in [0.25, 0.3) is 10.8 Å². The Morgan fingerprint density at radius 3 is 2.64 bits per heavy atom. The number of likely N-dealkylation sites (tertiary alicyclic amines) is 1. The SMILES string of the molecule is CCCN1CCC(NC(=NC)NCCOc2cccc3ccccc23)CC1.I. The number of hydrogen-bond donors (Lipinski definition) is 2. The number of aliphatic imine (C=N–C) groups is 1. The maximum Gasteiger partial charge on any atom is 0.191 e.